The normalized spacial score (nSPS) is 11.8. The molecule has 30 heavy (non-hydrogen) atoms. The van der Waals surface area contributed by atoms with E-state index in [9.17, 15) is 9.59 Å². The van der Waals surface area contributed by atoms with Crippen LogP contribution in [0.2, 0.25) is 10.0 Å². The molecule has 0 heterocycles. The van der Waals surface area contributed by atoms with Crippen molar-refractivity contribution < 1.29 is 9.59 Å². The second kappa shape index (κ2) is 12.0. The van der Waals surface area contributed by atoms with Gasteiger partial charge >= 0.3 is 0 Å². The lowest BCUT2D eigenvalue weighted by Gasteiger charge is -2.31. The number of rotatable bonds is 10. The number of unbranched alkanes of at least 4 members (excludes halogenated alkanes) is 1. The molecule has 162 valence electrons. The third kappa shape index (κ3) is 7.03. The maximum Gasteiger partial charge on any atom is 0.242 e. The van der Waals surface area contributed by atoms with E-state index >= 15 is 0 Å². The lowest BCUT2D eigenvalue weighted by molar-refractivity contribution is -0.140. The Morgan fingerprint density at radius 2 is 1.67 bits per heavy atom. The fourth-order valence-corrected chi connectivity index (χ4v) is 3.56. The molecule has 2 aromatic carbocycles. The first-order valence-electron chi connectivity index (χ1n) is 10.4. The minimum atomic E-state index is -0.529. The highest BCUT2D eigenvalue weighted by Crippen LogP contribution is 2.23. The number of hydrogen-bond donors (Lipinski definition) is 1. The number of nitrogens with zero attached hydrogens (tertiary/aromatic N) is 1. The average molecular weight is 449 g/mol. The van der Waals surface area contributed by atoms with Gasteiger partial charge in [-0.1, -0.05) is 79.4 Å². The Morgan fingerprint density at radius 3 is 2.27 bits per heavy atom. The van der Waals surface area contributed by atoms with Crippen LogP contribution in [0.5, 0.6) is 0 Å². The summed E-state index contributed by atoms with van der Waals surface area (Å²) < 4.78 is 0. The number of aryl methyl sites for hydroxylation is 1. The number of benzene rings is 2. The topological polar surface area (TPSA) is 49.4 Å². The first-order valence-corrected chi connectivity index (χ1v) is 11.2. The zero-order valence-corrected chi connectivity index (χ0v) is 19.4. The molecule has 0 aliphatic rings. The summed E-state index contributed by atoms with van der Waals surface area (Å²) in [5.74, 6) is -0.230. The van der Waals surface area contributed by atoms with E-state index in [1.165, 1.54) is 0 Å². The number of carbonyl (C=O) groups excluding carboxylic acids is 2. The van der Waals surface area contributed by atoms with Crippen molar-refractivity contribution in [2.24, 2.45) is 0 Å². The predicted octanol–water partition coefficient (Wildman–Crippen LogP) is 5.57. The number of halogens is 2. The number of amides is 2. The van der Waals surface area contributed by atoms with Gasteiger partial charge in [-0.2, -0.15) is 0 Å². The van der Waals surface area contributed by atoms with Gasteiger partial charge in [0.25, 0.3) is 0 Å². The van der Waals surface area contributed by atoms with E-state index in [2.05, 4.69) is 12.2 Å². The molecular formula is C24H30Cl2N2O2. The van der Waals surface area contributed by atoms with Gasteiger partial charge in [-0.3, -0.25) is 9.59 Å². The molecule has 2 aromatic rings. The summed E-state index contributed by atoms with van der Waals surface area (Å²) in [5, 5.41) is 3.84. The van der Waals surface area contributed by atoms with E-state index in [4.69, 9.17) is 23.2 Å². The molecule has 1 atom stereocenters. The van der Waals surface area contributed by atoms with E-state index in [1.54, 1.807) is 23.1 Å². The Hall–Kier alpha value is -2.04. The predicted molar refractivity (Wildman–Crippen MR) is 124 cm³/mol. The van der Waals surface area contributed by atoms with Crippen molar-refractivity contribution in [3.63, 3.8) is 0 Å². The van der Waals surface area contributed by atoms with Crippen molar-refractivity contribution in [3.8, 4) is 0 Å². The fourth-order valence-electron chi connectivity index (χ4n) is 3.24. The maximum absolute atomic E-state index is 13.3. The highest BCUT2D eigenvalue weighted by molar-refractivity contribution is 6.42. The standard InChI is InChI=1S/C24H30Cl2N2O2/c1-4-6-13-27-24(30)22(5-2)28(16-18-9-7-17(3)8-10-18)23(29)15-19-11-12-20(25)21(26)14-19/h7-12,14,22H,4-6,13,15-16H2,1-3H3,(H,27,30). The Morgan fingerprint density at radius 1 is 1.00 bits per heavy atom. The smallest absolute Gasteiger partial charge is 0.242 e. The van der Waals surface area contributed by atoms with E-state index in [0.29, 0.717) is 29.6 Å². The molecule has 0 aliphatic heterocycles. The van der Waals surface area contributed by atoms with Gasteiger partial charge in [0.15, 0.2) is 0 Å². The lowest BCUT2D eigenvalue weighted by Crippen LogP contribution is -2.49. The highest BCUT2D eigenvalue weighted by atomic mass is 35.5. The fraction of sp³-hybridized carbons (Fsp3) is 0.417. The lowest BCUT2D eigenvalue weighted by atomic mass is 10.1. The summed E-state index contributed by atoms with van der Waals surface area (Å²) >= 11 is 12.1. The van der Waals surface area contributed by atoms with Crippen molar-refractivity contribution in [1.29, 1.82) is 0 Å². The van der Waals surface area contributed by atoms with Crippen LogP contribution in [0, 0.1) is 6.92 Å². The van der Waals surface area contributed by atoms with Crippen molar-refractivity contribution in [2.45, 2.75) is 59.0 Å². The van der Waals surface area contributed by atoms with Crippen LogP contribution >= 0.6 is 23.2 Å². The molecule has 0 aliphatic carbocycles. The summed E-state index contributed by atoms with van der Waals surface area (Å²) in [6.07, 6.45) is 2.61. The van der Waals surface area contributed by atoms with Gasteiger partial charge in [-0.15, -0.1) is 0 Å². The summed E-state index contributed by atoms with van der Waals surface area (Å²) in [6, 6.07) is 12.7. The van der Waals surface area contributed by atoms with Crippen molar-refractivity contribution >= 4 is 35.0 Å². The van der Waals surface area contributed by atoms with Crippen molar-refractivity contribution in [2.75, 3.05) is 6.54 Å². The van der Waals surface area contributed by atoms with Gasteiger partial charge in [0.2, 0.25) is 11.8 Å². The molecule has 4 nitrogen and oxygen atoms in total. The second-order valence-corrected chi connectivity index (χ2v) is 8.32. The second-order valence-electron chi connectivity index (χ2n) is 7.50. The number of hydrogen-bond acceptors (Lipinski definition) is 2. The molecule has 0 saturated carbocycles. The molecule has 0 aromatic heterocycles. The van der Waals surface area contributed by atoms with Gasteiger partial charge in [0, 0.05) is 13.1 Å². The van der Waals surface area contributed by atoms with Crippen LogP contribution in [0.1, 0.15) is 49.8 Å². The van der Waals surface area contributed by atoms with E-state index in [0.717, 1.165) is 29.5 Å². The van der Waals surface area contributed by atoms with E-state index in [-0.39, 0.29) is 18.2 Å². The third-order valence-electron chi connectivity index (χ3n) is 5.03. The minimum Gasteiger partial charge on any atom is -0.354 e. The molecule has 1 unspecified atom stereocenters. The van der Waals surface area contributed by atoms with Crippen molar-refractivity contribution in [3.05, 3.63) is 69.2 Å². The number of carbonyl (C=O) groups is 2. The molecule has 1 N–H and O–H groups in total. The molecule has 0 fully saturated rings. The molecule has 0 saturated heterocycles. The summed E-state index contributed by atoms with van der Waals surface area (Å²) in [6.45, 7) is 7.02. The Kier molecular flexibility index (Phi) is 9.67. The molecule has 6 heteroatoms. The van der Waals surface area contributed by atoms with E-state index < -0.39 is 6.04 Å². The first-order chi connectivity index (χ1) is 14.3. The molecule has 2 rings (SSSR count). The maximum atomic E-state index is 13.3. The van der Waals surface area contributed by atoms with Gasteiger partial charge in [0.1, 0.15) is 6.04 Å². The monoisotopic (exact) mass is 448 g/mol. The third-order valence-corrected chi connectivity index (χ3v) is 5.77. The zero-order chi connectivity index (χ0) is 22.1. The Bertz CT molecular complexity index is 853. The zero-order valence-electron chi connectivity index (χ0n) is 17.9. The Balaban J connectivity index is 2.25. The average Bonchev–Trinajstić information content (AvgIpc) is 2.72. The summed E-state index contributed by atoms with van der Waals surface area (Å²) in [4.78, 5) is 27.8. The van der Waals surface area contributed by atoms with Gasteiger partial charge < -0.3 is 10.2 Å². The van der Waals surface area contributed by atoms with Crippen molar-refractivity contribution in [1.82, 2.24) is 10.2 Å². The van der Waals surface area contributed by atoms with Gasteiger partial charge in [-0.25, -0.2) is 0 Å². The van der Waals surface area contributed by atoms with Crippen LogP contribution in [0.15, 0.2) is 42.5 Å². The molecular weight excluding hydrogens is 419 g/mol. The largest absolute Gasteiger partial charge is 0.354 e. The van der Waals surface area contributed by atoms with Crippen LogP contribution in [-0.4, -0.2) is 29.3 Å². The van der Waals surface area contributed by atoms with Gasteiger partial charge in [0.05, 0.1) is 16.5 Å². The molecule has 0 spiro atoms. The van der Waals surface area contributed by atoms with E-state index in [1.807, 2.05) is 38.1 Å². The first kappa shape index (κ1) is 24.2. The highest BCUT2D eigenvalue weighted by Gasteiger charge is 2.28. The summed E-state index contributed by atoms with van der Waals surface area (Å²) in [5.41, 5.74) is 2.91. The van der Waals surface area contributed by atoms with Crippen LogP contribution in [0.4, 0.5) is 0 Å². The number of nitrogens with one attached hydrogen (secondary N) is 1. The Labute approximate surface area is 189 Å². The molecule has 0 radical (unpaired) electrons. The minimum absolute atomic E-state index is 0.111. The molecule has 0 bridgehead atoms. The van der Waals surface area contributed by atoms with Crippen LogP contribution in [0.25, 0.3) is 0 Å². The van der Waals surface area contributed by atoms with Crippen LogP contribution in [-0.2, 0) is 22.6 Å². The van der Waals surface area contributed by atoms with Crippen LogP contribution < -0.4 is 5.32 Å². The van der Waals surface area contributed by atoms with Gasteiger partial charge in [-0.05, 0) is 43.0 Å². The SMILES string of the molecule is CCCCNC(=O)C(CC)N(Cc1ccc(C)cc1)C(=O)Cc1ccc(Cl)c(Cl)c1. The quantitative estimate of drug-likeness (QED) is 0.483. The molecule has 2 amide bonds. The summed E-state index contributed by atoms with van der Waals surface area (Å²) in [7, 11) is 0. The van der Waals surface area contributed by atoms with Crippen LogP contribution in [0.3, 0.4) is 0 Å².